The van der Waals surface area contributed by atoms with Crippen molar-refractivity contribution in [2.45, 2.75) is 25.3 Å². The van der Waals surface area contributed by atoms with Gasteiger partial charge in [0.1, 0.15) is 0 Å². The fourth-order valence-corrected chi connectivity index (χ4v) is 3.12. The number of benzene rings is 1. The largest absolute Gasteiger partial charge is 0.379 e. The molecule has 0 aliphatic carbocycles. The number of rotatable bonds is 6. The molecular weight excluding hydrogens is 361 g/mol. The minimum absolute atomic E-state index is 0. The molecule has 1 aliphatic rings. The van der Waals surface area contributed by atoms with E-state index in [1.165, 1.54) is 10.9 Å². The third kappa shape index (κ3) is 5.54. The van der Waals surface area contributed by atoms with Gasteiger partial charge in [-0.15, -0.1) is 24.8 Å². The summed E-state index contributed by atoms with van der Waals surface area (Å²) in [5.74, 6) is 0.359. The summed E-state index contributed by atoms with van der Waals surface area (Å²) in [5, 5.41) is 4.27. The zero-order valence-electron chi connectivity index (χ0n) is 14.0. The fourth-order valence-electron chi connectivity index (χ4n) is 3.12. The van der Waals surface area contributed by atoms with Crippen LogP contribution in [0.3, 0.4) is 0 Å². The normalized spacial score (nSPS) is 19.1. The Labute approximate surface area is 160 Å². The quantitative estimate of drug-likeness (QED) is 0.800. The van der Waals surface area contributed by atoms with Crippen LogP contribution < -0.4 is 11.1 Å². The lowest BCUT2D eigenvalue weighted by molar-refractivity contribution is -0.122. The molecule has 1 aliphatic heterocycles. The maximum atomic E-state index is 11.9. The molecule has 1 aromatic carbocycles. The Balaban J connectivity index is 0.00000156. The number of aromatic nitrogens is 1. The highest BCUT2D eigenvalue weighted by Gasteiger charge is 2.29. The lowest BCUT2D eigenvalue weighted by Crippen LogP contribution is -2.40. The van der Waals surface area contributed by atoms with E-state index in [4.69, 9.17) is 10.5 Å². The van der Waals surface area contributed by atoms with Gasteiger partial charge in [-0.25, -0.2) is 0 Å². The minimum atomic E-state index is 0. The first-order chi connectivity index (χ1) is 11.3. The number of hydrogen-bond acceptors (Lipinski definition) is 4. The molecule has 0 radical (unpaired) electrons. The van der Waals surface area contributed by atoms with Gasteiger partial charge in [0.25, 0.3) is 0 Å². The van der Waals surface area contributed by atoms with Crippen LogP contribution in [0.15, 0.2) is 36.5 Å². The summed E-state index contributed by atoms with van der Waals surface area (Å²) in [6.07, 6.45) is 3.93. The van der Waals surface area contributed by atoms with Gasteiger partial charge in [0.05, 0.1) is 24.8 Å². The fraction of sp³-hybridized carbons (Fsp3) is 0.444. The Kier molecular flexibility index (Phi) is 9.14. The van der Waals surface area contributed by atoms with Crippen LogP contribution in [-0.2, 0) is 16.0 Å². The Morgan fingerprint density at radius 3 is 2.84 bits per heavy atom. The molecule has 1 saturated heterocycles. The predicted octanol–water partition coefficient (Wildman–Crippen LogP) is 2.49. The van der Waals surface area contributed by atoms with E-state index in [1.807, 2.05) is 24.4 Å². The minimum Gasteiger partial charge on any atom is -0.379 e. The second kappa shape index (κ2) is 10.6. The van der Waals surface area contributed by atoms with Crippen molar-refractivity contribution in [3.63, 3.8) is 0 Å². The summed E-state index contributed by atoms with van der Waals surface area (Å²) in [7, 11) is 0. The van der Waals surface area contributed by atoms with Gasteiger partial charge in [0, 0.05) is 23.9 Å². The number of ether oxygens (including phenoxy) is 1. The van der Waals surface area contributed by atoms with E-state index in [0.29, 0.717) is 32.1 Å². The molecule has 2 aromatic rings. The van der Waals surface area contributed by atoms with Crippen molar-refractivity contribution in [1.29, 1.82) is 0 Å². The maximum absolute atomic E-state index is 11.9. The number of para-hydroxylation sites is 1. The number of hydrogen-bond donors (Lipinski definition) is 2. The van der Waals surface area contributed by atoms with E-state index in [9.17, 15) is 4.79 Å². The zero-order valence-corrected chi connectivity index (χ0v) is 15.7. The van der Waals surface area contributed by atoms with Gasteiger partial charge in [-0.05, 0) is 37.1 Å². The van der Waals surface area contributed by atoms with Gasteiger partial charge < -0.3 is 15.8 Å². The van der Waals surface area contributed by atoms with E-state index < -0.39 is 0 Å². The third-order valence-electron chi connectivity index (χ3n) is 4.37. The summed E-state index contributed by atoms with van der Waals surface area (Å²) in [6, 6.07) is 10.3. The molecule has 0 saturated carbocycles. The second-order valence-corrected chi connectivity index (χ2v) is 6.06. The van der Waals surface area contributed by atoms with Crippen LogP contribution in [-0.4, -0.2) is 36.7 Å². The molecule has 0 bridgehead atoms. The van der Waals surface area contributed by atoms with E-state index in [1.54, 1.807) is 0 Å². The molecule has 3 rings (SSSR count). The number of nitrogens with one attached hydrogen (secondary N) is 1. The summed E-state index contributed by atoms with van der Waals surface area (Å²) < 4.78 is 5.60. The second-order valence-electron chi connectivity index (χ2n) is 6.06. The first kappa shape index (κ1) is 21.6. The van der Waals surface area contributed by atoms with Gasteiger partial charge in [-0.2, -0.15) is 0 Å². The average molecular weight is 386 g/mol. The third-order valence-corrected chi connectivity index (χ3v) is 4.37. The first-order valence-corrected chi connectivity index (χ1v) is 8.17. The van der Waals surface area contributed by atoms with Gasteiger partial charge in [-0.3, -0.25) is 9.78 Å². The summed E-state index contributed by atoms with van der Waals surface area (Å²) >= 11 is 0. The Bertz CT molecular complexity index is 679. The molecule has 138 valence electrons. The highest BCUT2D eigenvalue weighted by atomic mass is 35.5. The number of halogens is 2. The smallest absolute Gasteiger partial charge is 0.220 e. The number of carbonyl (C=O) groups excluding carboxylic acids is 1. The molecule has 2 atom stereocenters. The van der Waals surface area contributed by atoms with E-state index in [-0.39, 0.29) is 36.8 Å². The van der Waals surface area contributed by atoms with Crippen molar-refractivity contribution in [2.24, 2.45) is 11.7 Å². The highest BCUT2D eigenvalue weighted by Crippen LogP contribution is 2.24. The standard InChI is InChI=1S/C18H23N3O2.2ClH/c19-8-3-6-18(22)21-17-12-23-11-14(17)10-13-7-9-20-16-5-2-1-4-15(13)16;;/h1-2,4-5,7,9,14,17H,3,6,8,10-12,19H2,(H,21,22);2*1H/t14-,17+;;/m1../s1. The van der Waals surface area contributed by atoms with Crippen molar-refractivity contribution >= 4 is 41.6 Å². The molecule has 7 heteroatoms. The lowest BCUT2D eigenvalue weighted by atomic mass is 9.93. The number of nitrogens with zero attached hydrogens (tertiary/aromatic N) is 1. The Hall–Kier alpha value is -1.40. The summed E-state index contributed by atoms with van der Waals surface area (Å²) in [6.45, 7) is 1.81. The van der Waals surface area contributed by atoms with Crippen molar-refractivity contribution in [3.8, 4) is 0 Å². The van der Waals surface area contributed by atoms with Crippen LogP contribution in [0.5, 0.6) is 0 Å². The van der Waals surface area contributed by atoms with Crippen LogP contribution in [0.4, 0.5) is 0 Å². The van der Waals surface area contributed by atoms with E-state index >= 15 is 0 Å². The monoisotopic (exact) mass is 385 g/mol. The number of pyridine rings is 1. The Morgan fingerprint density at radius 1 is 1.24 bits per heavy atom. The molecule has 5 nitrogen and oxygen atoms in total. The summed E-state index contributed by atoms with van der Waals surface area (Å²) in [4.78, 5) is 16.3. The van der Waals surface area contributed by atoms with Crippen LogP contribution >= 0.6 is 24.8 Å². The van der Waals surface area contributed by atoms with Crippen LogP contribution in [0.1, 0.15) is 18.4 Å². The van der Waals surface area contributed by atoms with Crippen molar-refractivity contribution in [2.75, 3.05) is 19.8 Å². The van der Waals surface area contributed by atoms with Crippen molar-refractivity contribution < 1.29 is 9.53 Å². The molecule has 1 aromatic heterocycles. The number of amides is 1. The SMILES string of the molecule is Cl.Cl.NCCCC(=O)N[C@H]1COC[C@H]1Cc1ccnc2ccccc12. The van der Waals surface area contributed by atoms with Crippen LogP contribution in [0.25, 0.3) is 10.9 Å². The molecule has 2 heterocycles. The number of nitrogens with two attached hydrogens (primary N) is 1. The van der Waals surface area contributed by atoms with Crippen molar-refractivity contribution in [1.82, 2.24) is 10.3 Å². The molecule has 0 spiro atoms. The molecular formula is C18H25Cl2N3O2. The average Bonchev–Trinajstić information content (AvgIpc) is 3.00. The van der Waals surface area contributed by atoms with Gasteiger partial charge >= 0.3 is 0 Å². The highest BCUT2D eigenvalue weighted by molar-refractivity contribution is 5.85. The maximum Gasteiger partial charge on any atom is 0.220 e. The lowest BCUT2D eigenvalue weighted by Gasteiger charge is -2.19. The molecule has 1 fully saturated rings. The first-order valence-electron chi connectivity index (χ1n) is 8.17. The molecule has 25 heavy (non-hydrogen) atoms. The van der Waals surface area contributed by atoms with Gasteiger partial charge in [-0.1, -0.05) is 18.2 Å². The Morgan fingerprint density at radius 2 is 2.04 bits per heavy atom. The molecule has 0 unspecified atom stereocenters. The summed E-state index contributed by atoms with van der Waals surface area (Å²) in [5.41, 5.74) is 7.72. The van der Waals surface area contributed by atoms with E-state index in [2.05, 4.69) is 22.4 Å². The van der Waals surface area contributed by atoms with Gasteiger partial charge in [0.15, 0.2) is 0 Å². The topological polar surface area (TPSA) is 77.2 Å². The van der Waals surface area contributed by atoms with E-state index in [0.717, 1.165) is 18.4 Å². The molecule has 1 amide bonds. The van der Waals surface area contributed by atoms with Gasteiger partial charge in [0.2, 0.25) is 5.91 Å². The van der Waals surface area contributed by atoms with Crippen LogP contribution in [0.2, 0.25) is 0 Å². The zero-order chi connectivity index (χ0) is 16.1. The predicted molar refractivity (Wildman–Crippen MR) is 104 cm³/mol. The molecule has 3 N–H and O–H groups in total. The van der Waals surface area contributed by atoms with Crippen LogP contribution in [0, 0.1) is 5.92 Å². The van der Waals surface area contributed by atoms with Crippen molar-refractivity contribution in [3.05, 3.63) is 42.1 Å². The number of carbonyl (C=O) groups is 1. The number of fused-ring (bicyclic) bond motifs is 1.